The Morgan fingerprint density at radius 1 is 1.00 bits per heavy atom. The number of phenolic OH excluding ortho intramolecular Hbond substituents is 1. The number of para-hydroxylation sites is 1. The number of aromatic hydroxyl groups is 1. The normalized spacial score (nSPS) is 11.3. The molecule has 0 heterocycles. The first-order chi connectivity index (χ1) is 10.9. The van der Waals surface area contributed by atoms with Gasteiger partial charge >= 0.3 is 6.36 Å². The highest BCUT2D eigenvalue weighted by Crippen LogP contribution is 2.40. The maximum Gasteiger partial charge on any atom is 0.573 e. The molecule has 0 saturated carbocycles. The summed E-state index contributed by atoms with van der Waals surface area (Å²) >= 11 is 0. The Morgan fingerprint density at radius 3 is 2.39 bits per heavy atom. The van der Waals surface area contributed by atoms with Gasteiger partial charge in [-0.1, -0.05) is 18.2 Å². The van der Waals surface area contributed by atoms with Gasteiger partial charge in [-0.2, -0.15) is 0 Å². The predicted octanol–water partition coefficient (Wildman–Crippen LogP) is 3.72. The highest BCUT2D eigenvalue weighted by molar-refractivity contribution is 5.76. The van der Waals surface area contributed by atoms with E-state index < -0.39 is 12.1 Å². The third-order valence-electron chi connectivity index (χ3n) is 2.94. The molecular formula is C16H15F3O4. The minimum absolute atomic E-state index is 0.0815. The molecule has 0 unspecified atom stereocenters. The molecular weight excluding hydrogens is 313 g/mol. The van der Waals surface area contributed by atoms with Crippen LogP contribution in [0.25, 0.3) is 11.1 Å². The molecule has 0 aliphatic heterocycles. The third kappa shape index (κ3) is 4.79. The maximum atomic E-state index is 12.6. The van der Waals surface area contributed by atoms with Crippen molar-refractivity contribution in [3.05, 3.63) is 42.5 Å². The van der Waals surface area contributed by atoms with E-state index in [-0.39, 0.29) is 35.8 Å². The average Bonchev–Trinajstić information content (AvgIpc) is 2.47. The molecule has 2 N–H and O–H groups in total. The van der Waals surface area contributed by atoms with Crippen LogP contribution in [-0.4, -0.2) is 29.8 Å². The number of hydrogen-bond donors (Lipinski definition) is 2. The van der Waals surface area contributed by atoms with Crippen molar-refractivity contribution >= 4 is 0 Å². The van der Waals surface area contributed by atoms with E-state index >= 15 is 0 Å². The molecule has 0 atom stereocenters. The number of hydrogen-bond acceptors (Lipinski definition) is 4. The first-order valence-electron chi connectivity index (χ1n) is 6.82. The van der Waals surface area contributed by atoms with E-state index in [2.05, 4.69) is 4.74 Å². The van der Waals surface area contributed by atoms with E-state index in [1.54, 1.807) is 12.1 Å². The summed E-state index contributed by atoms with van der Waals surface area (Å²) in [6, 6.07) is 9.98. The second-order valence-corrected chi connectivity index (χ2v) is 4.65. The van der Waals surface area contributed by atoms with Crippen LogP contribution in [-0.2, 0) is 0 Å². The van der Waals surface area contributed by atoms with E-state index in [0.717, 1.165) is 6.07 Å². The van der Waals surface area contributed by atoms with Crippen LogP contribution in [0.4, 0.5) is 13.2 Å². The molecule has 0 fully saturated rings. The van der Waals surface area contributed by atoms with Gasteiger partial charge in [-0.25, -0.2) is 0 Å². The van der Waals surface area contributed by atoms with Crippen LogP contribution in [0.1, 0.15) is 6.42 Å². The van der Waals surface area contributed by atoms with Crippen molar-refractivity contribution in [3.63, 3.8) is 0 Å². The molecule has 23 heavy (non-hydrogen) atoms. The molecule has 2 aromatic rings. The largest absolute Gasteiger partial charge is 0.573 e. The van der Waals surface area contributed by atoms with Crippen LogP contribution in [0, 0.1) is 0 Å². The van der Waals surface area contributed by atoms with Gasteiger partial charge in [-0.15, -0.1) is 13.2 Å². The lowest BCUT2D eigenvalue weighted by atomic mass is 10.0. The molecule has 2 rings (SSSR count). The SMILES string of the molecule is OCCCOc1ccc(-c2ccccc2O)c(OC(F)(F)F)c1. The number of aliphatic hydroxyl groups is 1. The number of phenols is 1. The highest BCUT2D eigenvalue weighted by atomic mass is 19.4. The van der Waals surface area contributed by atoms with Gasteiger partial charge in [0.2, 0.25) is 0 Å². The van der Waals surface area contributed by atoms with Crippen molar-refractivity contribution in [2.75, 3.05) is 13.2 Å². The predicted molar refractivity (Wildman–Crippen MR) is 77.4 cm³/mol. The van der Waals surface area contributed by atoms with Crippen molar-refractivity contribution in [1.29, 1.82) is 0 Å². The van der Waals surface area contributed by atoms with Gasteiger partial charge in [0.15, 0.2) is 0 Å². The molecule has 0 spiro atoms. The number of aliphatic hydroxyl groups excluding tert-OH is 1. The smallest absolute Gasteiger partial charge is 0.507 e. The quantitative estimate of drug-likeness (QED) is 0.794. The van der Waals surface area contributed by atoms with E-state index in [1.165, 1.54) is 24.3 Å². The second kappa shape index (κ2) is 7.23. The molecule has 0 bridgehead atoms. The first-order valence-corrected chi connectivity index (χ1v) is 6.82. The van der Waals surface area contributed by atoms with Crippen LogP contribution in [0.2, 0.25) is 0 Å². The Hall–Kier alpha value is -2.41. The fourth-order valence-corrected chi connectivity index (χ4v) is 1.98. The summed E-state index contributed by atoms with van der Waals surface area (Å²) in [5.41, 5.74) is 0.309. The van der Waals surface area contributed by atoms with Crippen LogP contribution < -0.4 is 9.47 Å². The molecule has 0 saturated heterocycles. The van der Waals surface area contributed by atoms with Gasteiger partial charge in [-0.05, 0) is 18.2 Å². The van der Waals surface area contributed by atoms with Gasteiger partial charge in [0.1, 0.15) is 17.2 Å². The zero-order valence-corrected chi connectivity index (χ0v) is 12.0. The fourth-order valence-electron chi connectivity index (χ4n) is 1.98. The van der Waals surface area contributed by atoms with Gasteiger partial charge in [0.25, 0.3) is 0 Å². The summed E-state index contributed by atoms with van der Waals surface area (Å²) in [5, 5.41) is 18.5. The number of benzene rings is 2. The number of alkyl halides is 3. The summed E-state index contributed by atoms with van der Waals surface area (Å²) in [5.74, 6) is -0.453. The molecule has 4 nitrogen and oxygen atoms in total. The average molecular weight is 328 g/mol. The fraction of sp³-hybridized carbons (Fsp3) is 0.250. The molecule has 0 aliphatic rings. The Bertz CT molecular complexity index is 656. The lowest BCUT2D eigenvalue weighted by Gasteiger charge is -2.16. The minimum atomic E-state index is -4.87. The van der Waals surface area contributed by atoms with Gasteiger partial charge in [0.05, 0.1) is 6.61 Å². The summed E-state index contributed by atoms with van der Waals surface area (Å²) in [6.07, 6.45) is -4.51. The molecule has 7 heteroatoms. The summed E-state index contributed by atoms with van der Waals surface area (Å²) in [4.78, 5) is 0. The summed E-state index contributed by atoms with van der Waals surface area (Å²) in [7, 11) is 0. The number of ether oxygens (including phenoxy) is 2. The maximum absolute atomic E-state index is 12.6. The van der Waals surface area contributed by atoms with Gasteiger partial charge < -0.3 is 19.7 Å². The van der Waals surface area contributed by atoms with E-state index in [0.29, 0.717) is 6.42 Å². The van der Waals surface area contributed by atoms with Crippen LogP contribution in [0.3, 0.4) is 0 Å². The zero-order valence-electron chi connectivity index (χ0n) is 12.0. The highest BCUT2D eigenvalue weighted by Gasteiger charge is 2.32. The Morgan fingerprint density at radius 2 is 1.74 bits per heavy atom. The van der Waals surface area contributed by atoms with Crippen LogP contribution in [0.15, 0.2) is 42.5 Å². The van der Waals surface area contributed by atoms with E-state index in [4.69, 9.17) is 9.84 Å². The molecule has 0 aromatic heterocycles. The Labute approximate surface area is 130 Å². The van der Waals surface area contributed by atoms with E-state index in [1.807, 2.05) is 0 Å². The lowest BCUT2D eigenvalue weighted by Crippen LogP contribution is -2.17. The molecule has 0 amide bonds. The second-order valence-electron chi connectivity index (χ2n) is 4.65. The zero-order chi connectivity index (χ0) is 16.9. The molecule has 2 aromatic carbocycles. The van der Waals surface area contributed by atoms with Gasteiger partial charge in [-0.3, -0.25) is 0 Å². The van der Waals surface area contributed by atoms with Gasteiger partial charge in [0, 0.05) is 30.2 Å². The van der Waals surface area contributed by atoms with Crippen LogP contribution >= 0.6 is 0 Å². The van der Waals surface area contributed by atoms with Crippen molar-refractivity contribution in [1.82, 2.24) is 0 Å². The summed E-state index contributed by atoms with van der Waals surface area (Å²) in [6.45, 7) is 0.0831. The monoisotopic (exact) mass is 328 g/mol. The number of halogens is 3. The standard InChI is InChI=1S/C16H15F3O4/c17-16(18,19)23-15-10-11(22-9-3-8-20)6-7-13(15)12-4-1-2-5-14(12)21/h1-2,4-7,10,20-21H,3,8-9H2. The van der Waals surface area contributed by atoms with Crippen molar-refractivity contribution < 1.29 is 32.9 Å². The van der Waals surface area contributed by atoms with Crippen molar-refractivity contribution in [3.8, 4) is 28.4 Å². The Kier molecular flexibility index (Phi) is 5.33. The van der Waals surface area contributed by atoms with Crippen molar-refractivity contribution in [2.45, 2.75) is 12.8 Å². The topological polar surface area (TPSA) is 58.9 Å². The lowest BCUT2D eigenvalue weighted by molar-refractivity contribution is -0.274. The van der Waals surface area contributed by atoms with Crippen molar-refractivity contribution in [2.24, 2.45) is 0 Å². The molecule has 0 aliphatic carbocycles. The Balaban J connectivity index is 2.39. The van der Waals surface area contributed by atoms with E-state index in [9.17, 15) is 18.3 Å². The summed E-state index contributed by atoms with van der Waals surface area (Å²) < 4.78 is 47.2. The molecule has 124 valence electrons. The third-order valence-corrected chi connectivity index (χ3v) is 2.94. The first kappa shape index (κ1) is 17.0. The minimum Gasteiger partial charge on any atom is -0.507 e. The molecule has 0 radical (unpaired) electrons. The number of rotatable bonds is 6. The van der Waals surface area contributed by atoms with Crippen LogP contribution in [0.5, 0.6) is 17.2 Å².